The van der Waals surface area contributed by atoms with Gasteiger partial charge in [-0.25, -0.2) is 9.97 Å². The van der Waals surface area contributed by atoms with Crippen molar-refractivity contribution >= 4 is 14.1 Å². The van der Waals surface area contributed by atoms with Crippen molar-refractivity contribution in [3.05, 3.63) is 36.4 Å². The zero-order valence-electron chi connectivity index (χ0n) is 22.1. The first-order valence-corrected chi connectivity index (χ1v) is 12.8. The molecule has 2 aliphatic rings. The Morgan fingerprint density at radius 1 is 0.914 bits per heavy atom. The van der Waals surface area contributed by atoms with Gasteiger partial charge < -0.3 is 28.8 Å². The minimum absolute atomic E-state index is 0. The maximum absolute atomic E-state index is 9.70. The van der Waals surface area contributed by atoms with Gasteiger partial charge in [0.2, 0.25) is 0 Å². The highest BCUT2D eigenvalue weighted by Crippen LogP contribution is 2.32. The largest absolute Gasteiger partial charge is 0.437 e. The Bertz CT molecular complexity index is 904. The van der Waals surface area contributed by atoms with E-state index in [2.05, 4.69) is 55.7 Å². The van der Waals surface area contributed by atoms with Crippen LogP contribution in [-0.4, -0.2) is 79.1 Å². The minimum Gasteiger partial charge on any atom is -0.437 e. The number of imidazole rings is 2. The molecule has 0 saturated carbocycles. The van der Waals surface area contributed by atoms with E-state index in [0.717, 1.165) is 57.8 Å². The molecule has 2 aromatic rings. The standard InChI is InChI=1S/2C12H22BN3O.CH4/c1-11-7-15(10-14-11)8-12(2)5-4-6-16(9-12)13(3)17;1-11-7-14-10-15(11)8-12(2)5-4-6-16(9-12)13(3)17;/h2*7,10,17H,4-6,8-9H2,1-3H3;1H4/t2*12-;/m11./s1. The van der Waals surface area contributed by atoms with Crippen LogP contribution >= 0.6 is 0 Å². The summed E-state index contributed by atoms with van der Waals surface area (Å²) in [6, 6.07) is 0. The molecule has 0 bridgehead atoms. The number of nitrogens with zero attached hydrogens (tertiary/aromatic N) is 6. The molecule has 2 saturated heterocycles. The van der Waals surface area contributed by atoms with Crippen LogP contribution in [0.25, 0.3) is 0 Å². The number of hydrogen-bond acceptors (Lipinski definition) is 6. The lowest BCUT2D eigenvalue weighted by Gasteiger charge is -2.41. The molecule has 8 nitrogen and oxygen atoms in total. The van der Waals surface area contributed by atoms with Crippen LogP contribution in [0.1, 0.15) is 58.3 Å². The van der Waals surface area contributed by atoms with E-state index < -0.39 is 0 Å². The summed E-state index contributed by atoms with van der Waals surface area (Å²) in [5, 5.41) is 19.4. The van der Waals surface area contributed by atoms with Crippen LogP contribution in [0.3, 0.4) is 0 Å². The Balaban J connectivity index is 0.000000240. The van der Waals surface area contributed by atoms with Gasteiger partial charge in [-0.2, -0.15) is 0 Å². The molecule has 4 rings (SSSR count). The van der Waals surface area contributed by atoms with Gasteiger partial charge in [-0.1, -0.05) is 21.3 Å². The minimum atomic E-state index is -0.335. The summed E-state index contributed by atoms with van der Waals surface area (Å²) >= 11 is 0. The smallest absolute Gasteiger partial charge is 0.376 e. The first kappa shape index (κ1) is 29.6. The second-order valence-electron chi connectivity index (χ2n) is 11.4. The molecule has 2 N–H and O–H groups in total. The number of aromatic nitrogens is 4. The third-order valence-corrected chi connectivity index (χ3v) is 7.48. The van der Waals surface area contributed by atoms with Crippen LogP contribution in [0.4, 0.5) is 0 Å². The molecule has 0 aliphatic carbocycles. The zero-order valence-corrected chi connectivity index (χ0v) is 22.1. The van der Waals surface area contributed by atoms with E-state index in [1.54, 1.807) is 0 Å². The van der Waals surface area contributed by atoms with Gasteiger partial charge >= 0.3 is 14.1 Å². The lowest BCUT2D eigenvalue weighted by Crippen LogP contribution is -2.49. The van der Waals surface area contributed by atoms with E-state index >= 15 is 0 Å². The number of rotatable bonds is 6. The van der Waals surface area contributed by atoms with Crippen molar-refractivity contribution in [3.63, 3.8) is 0 Å². The van der Waals surface area contributed by atoms with Crippen molar-refractivity contribution < 1.29 is 10.0 Å². The maximum atomic E-state index is 9.70. The molecule has 0 unspecified atom stereocenters. The molecule has 196 valence electrons. The summed E-state index contributed by atoms with van der Waals surface area (Å²) < 4.78 is 4.38. The van der Waals surface area contributed by atoms with Crippen molar-refractivity contribution in [3.8, 4) is 0 Å². The SMILES string of the molecule is C.CB(O)N1CCC[C@](C)(Cn2cnc(C)c2)C1.CB(O)N1CCC[C@](C)(Cn2cncc2C)C1. The summed E-state index contributed by atoms with van der Waals surface area (Å²) in [5.74, 6) is 0. The Kier molecular flexibility index (Phi) is 10.6. The Morgan fingerprint density at radius 2 is 1.46 bits per heavy atom. The summed E-state index contributed by atoms with van der Waals surface area (Å²) in [6.45, 7) is 18.3. The molecule has 35 heavy (non-hydrogen) atoms. The van der Waals surface area contributed by atoms with E-state index in [9.17, 15) is 10.0 Å². The zero-order chi connectivity index (χ0) is 24.9. The first-order chi connectivity index (χ1) is 16.0. The average molecular weight is 486 g/mol. The summed E-state index contributed by atoms with van der Waals surface area (Å²) in [6.07, 6.45) is 12.6. The first-order valence-electron chi connectivity index (χ1n) is 12.8. The predicted molar refractivity (Wildman–Crippen MR) is 146 cm³/mol. The fourth-order valence-electron chi connectivity index (χ4n) is 5.57. The Morgan fingerprint density at radius 3 is 1.89 bits per heavy atom. The fraction of sp³-hybridized carbons (Fsp3) is 0.760. The summed E-state index contributed by atoms with van der Waals surface area (Å²) in [5.41, 5.74) is 2.75. The van der Waals surface area contributed by atoms with Crippen molar-refractivity contribution in [1.82, 2.24) is 28.7 Å². The summed E-state index contributed by atoms with van der Waals surface area (Å²) in [7, 11) is -0.669. The average Bonchev–Trinajstić information content (AvgIpc) is 3.35. The molecule has 2 aromatic heterocycles. The highest BCUT2D eigenvalue weighted by atomic mass is 16.2. The van der Waals surface area contributed by atoms with Gasteiger partial charge in [-0.3, -0.25) is 0 Å². The lowest BCUT2D eigenvalue weighted by atomic mass is 9.74. The van der Waals surface area contributed by atoms with E-state index in [1.165, 1.54) is 18.5 Å². The molecule has 0 spiro atoms. The molecular weight excluding hydrogens is 438 g/mol. The molecular formula is C25H48B2N6O2. The summed E-state index contributed by atoms with van der Waals surface area (Å²) in [4.78, 5) is 12.8. The van der Waals surface area contributed by atoms with Gasteiger partial charge in [0.05, 0.1) is 18.3 Å². The van der Waals surface area contributed by atoms with Crippen molar-refractivity contribution in [2.45, 2.75) is 87.5 Å². The second kappa shape index (κ2) is 12.6. The van der Waals surface area contributed by atoms with Crippen LogP contribution in [0.15, 0.2) is 25.0 Å². The maximum Gasteiger partial charge on any atom is 0.376 e. The molecule has 2 aliphatic heterocycles. The van der Waals surface area contributed by atoms with E-state index in [0.29, 0.717) is 0 Å². The molecule has 0 amide bonds. The Labute approximate surface area is 214 Å². The quantitative estimate of drug-likeness (QED) is 0.609. The number of aryl methyl sites for hydroxylation is 2. The van der Waals surface area contributed by atoms with Gasteiger partial charge in [-0.15, -0.1) is 0 Å². The molecule has 10 heteroatoms. The second-order valence-corrected chi connectivity index (χ2v) is 11.4. The van der Waals surface area contributed by atoms with Crippen molar-refractivity contribution in [2.75, 3.05) is 26.2 Å². The van der Waals surface area contributed by atoms with Gasteiger partial charge in [0.1, 0.15) is 0 Å². The van der Waals surface area contributed by atoms with E-state index in [4.69, 9.17) is 0 Å². The monoisotopic (exact) mass is 486 g/mol. The highest BCUT2D eigenvalue weighted by molar-refractivity contribution is 6.45. The van der Waals surface area contributed by atoms with Gasteiger partial charge in [0, 0.05) is 31.2 Å². The van der Waals surface area contributed by atoms with Crippen LogP contribution in [0, 0.1) is 24.7 Å². The van der Waals surface area contributed by atoms with Crippen LogP contribution in [-0.2, 0) is 13.1 Å². The molecule has 4 heterocycles. The molecule has 0 aromatic carbocycles. The molecule has 2 fully saturated rings. The molecule has 0 radical (unpaired) electrons. The van der Waals surface area contributed by atoms with Gasteiger partial charge in [0.25, 0.3) is 0 Å². The van der Waals surface area contributed by atoms with Crippen LogP contribution < -0.4 is 0 Å². The van der Waals surface area contributed by atoms with E-state index in [-0.39, 0.29) is 32.4 Å². The van der Waals surface area contributed by atoms with Gasteiger partial charge in [-0.05, 0) is 90.2 Å². The third-order valence-electron chi connectivity index (χ3n) is 7.48. The third kappa shape index (κ3) is 8.48. The molecule has 2 atom stereocenters. The van der Waals surface area contributed by atoms with Crippen LogP contribution in [0.2, 0.25) is 13.6 Å². The van der Waals surface area contributed by atoms with Crippen molar-refractivity contribution in [2.24, 2.45) is 10.8 Å². The van der Waals surface area contributed by atoms with Gasteiger partial charge in [0.15, 0.2) is 0 Å². The van der Waals surface area contributed by atoms with E-state index in [1.807, 2.05) is 39.4 Å². The predicted octanol–water partition coefficient (Wildman–Crippen LogP) is 3.44. The number of hydrogen-bond donors (Lipinski definition) is 2. The topological polar surface area (TPSA) is 82.6 Å². The van der Waals surface area contributed by atoms with Crippen molar-refractivity contribution in [1.29, 1.82) is 0 Å². The Hall–Kier alpha value is -1.61. The van der Waals surface area contributed by atoms with Crippen LogP contribution in [0.5, 0.6) is 0 Å². The number of piperidine rings is 2. The normalized spacial score (nSPS) is 25.4. The highest BCUT2D eigenvalue weighted by Gasteiger charge is 2.35. The lowest BCUT2D eigenvalue weighted by molar-refractivity contribution is 0.130. The fourth-order valence-corrected chi connectivity index (χ4v) is 5.57.